The van der Waals surface area contributed by atoms with E-state index in [0.29, 0.717) is 0 Å². The molecule has 1 aromatic heterocycles. The first-order chi connectivity index (χ1) is 6.95. The third kappa shape index (κ3) is 2.59. The van der Waals surface area contributed by atoms with Gasteiger partial charge in [-0.3, -0.25) is 0 Å². The molecule has 0 fully saturated rings. The SMILES string of the molecule is C1=CCC(CNc2ccccn2)CC1. The molecule has 0 aromatic carbocycles. The molecule has 1 aromatic rings. The zero-order chi connectivity index (χ0) is 9.64. The van der Waals surface area contributed by atoms with Crippen LogP contribution in [0.15, 0.2) is 36.5 Å². The second-order valence-corrected chi connectivity index (χ2v) is 3.75. The Morgan fingerprint density at radius 3 is 3.07 bits per heavy atom. The van der Waals surface area contributed by atoms with Gasteiger partial charge in [0.05, 0.1) is 0 Å². The standard InChI is InChI=1S/C12H16N2/c1-2-6-11(7-3-1)10-14-12-8-4-5-9-13-12/h1-2,4-5,8-9,11H,3,6-7,10H2,(H,13,14). The van der Waals surface area contributed by atoms with Crippen LogP contribution in [0.4, 0.5) is 5.82 Å². The van der Waals surface area contributed by atoms with Crippen LogP contribution < -0.4 is 5.32 Å². The third-order valence-corrected chi connectivity index (χ3v) is 2.61. The molecule has 0 spiro atoms. The van der Waals surface area contributed by atoms with Gasteiger partial charge in [-0.1, -0.05) is 18.2 Å². The van der Waals surface area contributed by atoms with Crippen LogP contribution in [0.1, 0.15) is 19.3 Å². The van der Waals surface area contributed by atoms with Crippen molar-refractivity contribution in [3.63, 3.8) is 0 Å². The van der Waals surface area contributed by atoms with Gasteiger partial charge in [0, 0.05) is 12.7 Å². The number of nitrogens with one attached hydrogen (secondary N) is 1. The average molecular weight is 188 g/mol. The molecule has 74 valence electrons. The van der Waals surface area contributed by atoms with Gasteiger partial charge >= 0.3 is 0 Å². The number of aromatic nitrogens is 1. The Kier molecular flexibility index (Phi) is 3.17. The fraction of sp³-hybridized carbons (Fsp3) is 0.417. The fourth-order valence-corrected chi connectivity index (χ4v) is 1.76. The Balaban J connectivity index is 1.80. The van der Waals surface area contributed by atoms with Crippen molar-refractivity contribution in [2.45, 2.75) is 19.3 Å². The summed E-state index contributed by atoms with van der Waals surface area (Å²) in [7, 11) is 0. The Bertz CT molecular complexity index is 292. The maximum Gasteiger partial charge on any atom is 0.125 e. The lowest BCUT2D eigenvalue weighted by Gasteiger charge is -2.18. The van der Waals surface area contributed by atoms with Crippen molar-refractivity contribution < 1.29 is 0 Å². The highest BCUT2D eigenvalue weighted by Crippen LogP contribution is 2.18. The Labute approximate surface area is 85.1 Å². The summed E-state index contributed by atoms with van der Waals surface area (Å²) in [5, 5.41) is 3.37. The van der Waals surface area contributed by atoms with Crippen molar-refractivity contribution >= 4 is 5.82 Å². The summed E-state index contributed by atoms with van der Waals surface area (Å²) in [6, 6.07) is 5.96. The van der Waals surface area contributed by atoms with Gasteiger partial charge in [0.1, 0.15) is 5.82 Å². The molecule has 0 bridgehead atoms. The minimum absolute atomic E-state index is 0.780. The number of allylic oxidation sites excluding steroid dienone is 2. The second-order valence-electron chi connectivity index (χ2n) is 3.75. The summed E-state index contributed by atoms with van der Waals surface area (Å²) in [6.07, 6.45) is 10.1. The van der Waals surface area contributed by atoms with Gasteiger partial charge in [0.15, 0.2) is 0 Å². The highest BCUT2D eigenvalue weighted by molar-refractivity contribution is 5.33. The maximum absolute atomic E-state index is 4.23. The average Bonchev–Trinajstić information content (AvgIpc) is 2.29. The van der Waals surface area contributed by atoms with E-state index in [9.17, 15) is 0 Å². The van der Waals surface area contributed by atoms with E-state index in [1.54, 1.807) is 0 Å². The highest BCUT2D eigenvalue weighted by atomic mass is 15.0. The molecule has 1 atom stereocenters. The molecule has 0 saturated carbocycles. The van der Waals surface area contributed by atoms with Gasteiger partial charge in [-0.2, -0.15) is 0 Å². The molecular weight excluding hydrogens is 172 g/mol. The lowest BCUT2D eigenvalue weighted by molar-refractivity contribution is 0.503. The number of rotatable bonds is 3. The third-order valence-electron chi connectivity index (χ3n) is 2.61. The van der Waals surface area contributed by atoms with E-state index in [1.807, 2.05) is 24.4 Å². The van der Waals surface area contributed by atoms with Crippen LogP contribution in [-0.2, 0) is 0 Å². The van der Waals surface area contributed by atoms with Crippen LogP contribution in [0.2, 0.25) is 0 Å². The first kappa shape index (κ1) is 9.25. The van der Waals surface area contributed by atoms with Gasteiger partial charge in [0.2, 0.25) is 0 Å². The smallest absolute Gasteiger partial charge is 0.125 e. The number of hydrogen-bond acceptors (Lipinski definition) is 2. The predicted octanol–water partition coefficient (Wildman–Crippen LogP) is 2.85. The molecule has 0 saturated heterocycles. The van der Waals surface area contributed by atoms with Gasteiger partial charge in [-0.25, -0.2) is 4.98 Å². The largest absolute Gasteiger partial charge is 0.370 e. The van der Waals surface area contributed by atoms with Crippen LogP contribution in [0.25, 0.3) is 0 Å². The highest BCUT2D eigenvalue weighted by Gasteiger charge is 2.08. The lowest BCUT2D eigenvalue weighted by Crippen LogP contribution is -2.15. The Hall–Kier alpha value is -1.31. The normalized spacial score (nSPS) is 20.7. The van der Waals surface area contributed by atoms with Crippen LogP contribution in [0.3, 0.4) is 0 Å². The molecular formula is C12H16N2. The van der Waals surface area contributed by atoms with Crippen molar-refractivity contribution in [2.75, 3.05) is 11.9 Å². The molecule has 2 heteroatoms. The van der Waals surface area contributed by atoms with Crippen molar-refractivity contribution in [3.05, 3.63) is 36.5 Å². The van der Waals surface area contributed by atoms with Crippen molar-refractivity contribution in [1.29, 1.82) is 0 Å². The Morgan fingerprint density at radius 2 is 2.36 bits per heavy atom. The summed E-state index contributed by atoms with van der Waals surface area (Å²) >= 11 is 0. The summed E-state index contributed by atoms with van der Waals surface area (Å²) < 4.78 is 0. The summed E-state index contributed by atoms with van der Waals surface area (Å²) in [5.74, 6) is 1.77. The van der Waals surface area contributed by atoms with E-state index < -0.39 is 0 Å². The van der Waals surface area contributed by atoms with E-state index >= 15 is 0 Å². The molecule has 1 aliphatic carbocycles. The molecule has 1 aliphatic rings. The lowest BCUT2D eigenvalue weighted by atomic mass is 9.94. The topological polar surface area (TPSA) is 24.9 Å². The minimum Gasteiger partial charge on any atom is -0.370 e. The zero-order valence-electron chi connectivity index (χ0n) is 8.32. The second kappa shape index (κ2) is 4.80. The molecule has 0 aliphatic heterocycles. The summed E-state index contributed by atoms with van der Waals surface area (Å²) in [6.45, 7) is 1.04. The zero-order valence-corrected chi connectivity index (χ0v) is 8.32. The van der Waals surface area contributed by atoms with Crippen LogP contribution in [0.5, 0.6) is 0 Å². The number of anilines is 1. The van der Waals surface area contributed by atoms with Gasteiger partial charge < -0.3 is 5.32 Å². The molecule has 1 unspecified atom stereocenters. The first-order valence-corrected chi connectivity index (χ1v) is 5.25. The van der Waals surface area contributed by atoms with Gasteiger partial charge in [-0.15, -0.1) is 0 Å². The molecule has 0 amide bonds. The summed E-state index contributed by atoms with van der Waals surface area (Å²) in [5.41, 5.74) is 0. The van der Waals surface area contributed by atoms with Crippen molar-refractivity contribution in [2.24, 2.45) is 5.92 Å². The number of hydrogen-bond donors (Lipinski definition) is 1. The van der Waals surface area contributed by atoms with Gasteiger partial charge in [-0.05, 0) is 37.3 Å². The first-order valence-electron chi connectivity index (χ1n) is 5.25. The van der Waals surface area contributed by atoms with E-state index in [0.717, 1.165) is 18.3 Å². The van der Waals surface area contributed by atoms with Gasteiger partial charge in [0.25, 0.3) is 0 Å². The van der Waals surface area contributed by atoms with Crippen LogP contribution in [-0.4, -0.2) is 11.5 Å². The fourth-order valence-electron chi connectivity index (χ4n) is 1.76. The van der Waals surface area contributed by atoms with Crippen LogP contribution >= 0.6 is 0 Å². The van der Waals surface area contributed by atoms with E-state index in [2.05, 4.69) is 22.5 Å². The van der Waals surface area contributed by atoms with E-state index in [-0.39, 0.29) is 0 Å². The molecule has 0 radical (unpaired) electrons. The quantitative estimate of drug-likeness (QED) is 0.738. The predicted molar refractivity (Wildman–Crippen MR) is 59.2 cm³/mol. The van der Waals surface area contributed by atoms with E-state index in [4.69, 9.17) is 0 Å². The number of nitrogens with zero attached hydrogens (tertiary/aromatic N) is 1. The molecule has 1 N–H and O–H groups in total. The maximum atomic E-state index is 4.23. The van der Waals surface area contributed by atoms with Crippen LogP contribution in [0, 0.1) is 5.92 Å². The molecule has 2 nitrogen and oxygen atoms in total. The molecule has 14 heavy (non-hydrogen) atoms. The molecule has 1 heterocycles. The Morgan fingerprint density at radius 1 is 1.36 bits per heavy atom. The van der Waals surface area contributed by atoms with Crippen molar-refractivity contribution in [1.82, 2.24) is 4.98 Å². The van der Waals surface area contributed by atoms with Crippen molar-refractivity contribution in [3.8, 4) is 0 Å². The number of pyridine rings is 1. The monoisotopic (exact) mass is 188 g/mol. The minimum atomic E-state index is 0.780. The van der Waals surface area contributed by atoms with E-state index in [1.165, 1.54) is 19.3 Å². The molecule has 2 rings (SSSR count). The summed E-state index contributed by atoms with van der Waals surface area (Å²) in [4.78, 5) is 4.23.